The van der Waals surface area contributed by atoms with Gasteiger partial charge in [0, 0.05) is 29.6 Å². The third kappa shape index (κ3) is 5.04. The molecule has 1 heterocycles. The lowest BCUT2D eigenvalue weighted by Gasteiger charge is -2.17. The number of carbonyl (C=O) groups is 1. The minimum absolute atomic E-state index is 0.129. The number of methoxy groups -OCH3 is 1. The molecule has 0 spiro atoms. The lowest BCUT2D eigenvalue weighted by Crippen LogP contribution is -2.28. The van der Waals surface area contributed by atoms with Gasteiger partial charge in [-0.25, -0.2) is 8.42 Å². The van der Waals surface area contributed by atoms with Gasteiger partial charge in [0.25, 0.3) is 0 Å². The molecule has 29 heavy (non-hydrogen) atoms. The van der Waals surface area contributed by atoms with Crippen molar-refractivity contribution in [3.05, 3.63) is 52.0 Å². The van der Waals surface area contributed by atoms with Gasteiger partial charge in [0.05, 0.1) is 17.7 Å². The number of rotatable bonds is 7. The van der Waals surface area contributed by atoms with E-state index in [1.165, 1.54) is 23.5 Å². The second-order valence-corrected chi connectivity index (χ2v) is 9.47. The van der Waals surface area contributed by atoms with E-state index in [4.69, 9.17) is 27.9 Å². The van der Waals surface area contributed by atoms with Gasteiger partial charge >= 0.3 is 0 Å². The molecule has 2 aromatic carbocycles. The zero-order chi connectivity index (χ0) is 21.0. The molecule has 0 bridgehead atoms. The van der Waals surface area contributed by atoms with E-state index >= 15 is 0 Å². The van der Waals surface area contributed by atoms with Crippen LogP contribution in [0.15, 0.2) is 41.3 Å². The molecule has 9 heteroatoms. The summed E-state index contributed by atoms with van der Waals surface area (Å²) in [6.07, 6.45) is 2.20. The van der Waals surface area contributed by atoms with Gasteiger partial charge in [-0.1, -0.05) is 29.3 Å². The Kier molecular flexibility index (Phi) is 7.05. The Labute approximate surface area is 180 Å². The Bertz CT molecular complexity index is 985. The minimum Gasteiger partial charge on any atom is -0.495 e. The molecular weight excluding hydrogens is 435 g/mol. The van der Waals surface area contributed by atoms with E-state index in [0.717, 1.165) is 12.8 Å². The number of nitrogens with zero attached hydrogens (tertiary/aromatic N) is 1. The summed E-state index contributed by atoms with van der Waals surface area (Å²) in [5.41, 5.74) is 1.01. The molecule has 2 aromatic rings. The maximum atomic E-state index is 12.8. The van der Waals surface area contributed by atoms with Crippen LogP contribution in [0.1, 0.15) is 24.8 Å². The summed E-state index contributed by atoms with van der Waals surface area (Å²) in [5.74, 6) is 0.0875. The maximum absolute atomic E-state index is 12.8. The number of hydrogen-bond acceptors (Lipinski definition) is 4. The molecule has 1 amide bonds. The van der Waals surface area contributed by atoms with Gasteiger partial charge in [0.15, 0.2) is 0 Å². The molecule has 0 atom stereocenters. The van der Waals surface area contributed by atoms with Crippen LogP contribution >= 0.6 is 23.2 Å². The van der Waals surface area contributed by atoms with Crippen LogP contribution in [0.5, 0.6) is 5.75 Å². The van der Waals surface area contributed by atoms with Crippen LogP contribution in [-0.4, -0.2) is 38.8 Å². The topological polar surface area (TPSA) is 75.7 Å². The van der Waals surface area contributed by atoms with Crippen molar-refractivity contribution in [1.82, 2.24) is 4.31 Å². The first-order valence-electron chi connectivity index (χ1n) is 9.24. The van der Waals surface area contributed by atoms with Crippen molar-refractivity contribution in [2.75, 3.05) is 25.5 Å². The largest absolute Gasteiger partial charge is 0.495 e. The Morgan fingerprint density at radius 3 is 2.41 bits per heavy atom. The predicted molar refractivity (Wildman–Crippen MR) is 114 cm³/mol. The summed E-state index contributed by atoms with van der Waals surface area (Å²) >= 11 is 12.3. The van der Waals surface area contributed by atoms with Crippen molar-refractivity contribution in [3.63, 3.8) is 0 Å². The molecule has 0 saturated carbocycles. The highest BCUT2D eigenvalue weighted by molar-refractivity contribution is 7.89. The van der Waals surface area contributed by atoms with Gasteiger partial charge in [-0.15, -0.1) is 0 Å². The average Bonchev–Trinajstić information content (AvgIpc) is 3.23. The number of halogens is 2. The summed E-state index contributed by atoms with van der Waals surface area (Å²) in [5, 5.41) is 3.74. The van der Waals surface area contributed by atoms with Crippen LogP contribution in [0.3, 0.4) is 0 Å². The monoisotopic (exact) mass is 456 g/mol. The average molecular weight is 457 g/mol. The van der Waals surface area contributed by atoms with Crippen LogP contribution in [0.25, 0.3) is 0 Å². The van der Waals surface area contributed by atoms with Crippen LogP contribution < -0.4 is 10.1 Å². The van der Waals surface area contributed by atoms with Crippen molar-refractivity contribution in [2.45, 2.75) is 30.6 Å². The summed E-state index contributed by atoms with van der Waals surface area (Å²) in [4.78, 5) is 12.6. The Hall–Kier alpha value is -1.80. The number of anilines is 1. The molecule has 0 aromatic heterocycles. The molecule has 3 rings (SSSR count). The molecule has 0 radical (unpaired) electrons. The molecule has 1 N–H and O–H groups in total. The standard InChI is InChI=1S/C20H22Cl2N2O4S/c1-28-19-9-7-14(29(26,27)24-11-2-3-12-24)13-18(19)23-20(25)10-8-15-16(21)5-4-6-17(15)22/h4-7,9,13H,2-3,8,10-12H2,1H3,(H,23,25). The normalized spacial score (nSPS) is 14.7. The number of ether oxygens (including phenoxy) is 1. The van der Waals surface area contributed by atoms with E-state index < -0.39 is 10.0 Å². The zero-order valence-electron chi connectivity index (χ0n) is 16.0. The van der Waals surface area contributed by atoms with Gasteiger partial charge < -0.3 is 10.1 Å². The van der Waals surface area contributed by atoms with Crippen LogP contribution in [0, 0.1) is 0 Å². The Balaban J connectivity index is 1.76. The van der Waals surface area contributed by atoms with Crippen molar-refractivity contribution in [2.24, 2.45) is 0 Å². The Morgan fingerprint density at radius 2 is 1.79 bits per heavy atom. The maximum Gasteiger partial charge on any atom is 0.243 e. The fraction of sp³-hybridized carbons (Fsp3) is 0.350. The first-order valence-corrected chi connectivity index (χ1v) is 11.4. The number of benzene rings is 2. The summed E-state index contributed by atoms with van der Waals surface area (Å²) in [6.45, 7) is 1.02. The zero-order valence-corrected chi connectivity index (χ0v) is 18.3. The second-order valence-electron chi connectivity index (χ2n) is 6.72. The fourth-order valence-corrected chi connectivity index (χ4v) is 5.38. The van der Waals surface area contributed by atoms with Crippen LogP contribution in [0.2, 0.25) is 10.0 Å². The van der Waals surface area contributed by atoms with E-state index in [2.05, 4.69) is 5.32 Å². The molecule has 1 saturated heterocycles. The lowest BCUT2D eigenvalue weighted by atomic mass is 10.1. The van der Waals surface area contributed by atoms with E-state index in [9.17, 15) is 13.2 Å². The van der Waals surface area contributed by atoms with Crippen LogP contribution in [0.4, 0.5) is 5.69 Å². The molecule has 0 unspecified atom stereocenters. The third-order valence-corrected chi connectivity index (χ3v) is 7.41. The lowest BCUT2D eigenvalue weighted by molar-refractivity contribution is -0.116. The molecular formula is C20H22Cl2N2O4S. The van der Waals surface area contributed by atoms with E-state index in [0.29, 0.717) is 46.6 Å². The van der Waals surface area contributed by atoms with E-state index in [1.807, 2.05) is 0 Å². The smallest absolute Gasteiger partial charge is 0.243 e. The SMILES string of the molecule is COc1ccc(S(=O)(=O)N2CCCC2)cc1NC(=O)CCc1c(Cl)cccc1Cl. The number of amides is 1. The molecule has 1 aliphatic rings. The van der Waals surface area contributed by atoms with Gasteiger partial charge in [-0.3, -0.25) is 4.79 Å². The summed E-state index contributed by atoms with van der Waals surface area (Å²) in [7, 11) is -2.14. The highest BCUT2D eigenvalue weighted by Gasteiger charge is 2.28. The second kappa shape index (κ2) is 9.34. The molecule has 1 aliphatic heterocycles. The third-order valence-electron chi connectivity index (χ3n) is 4.81. The Morgan fingerprint density at radius 1 is 1.14 bits per heavy atom. The molecule has 6 nitrogen and oxygen atoms in total. The predicted octanol–water partition coefficient (Wildman–Crippen LogP) is 4.36. The van der Waals surface area contributed by atoms with Crippen molar-refractivity contribution in [1.29, 1.82) is 0 Å². The first-order chi connectivity index (χ1) is 13.8. The van der Waals surface area contributed by atoms with Gasteiger partial charge in [-0.2, -0.15) is 4.31 Å². The van der Waals surface area contributed by atoms with Crippen molar-refractivity contribution in [3.8, 4) is 5.75 Å². The van der Waals surface area contributed by atoms with E-state index in [1.54, 1.807) is 24.3 Å². The van der Waals surface area contributed by atoms with Gasteiger partial charge in [-0.05, 0) is 55.2 Å². The van der Waals surface area contributed by atoms with Crippen LogP contribution in [-0.2, 0) is 21.2 Å². The summed E-state index contributed by atoms with van der Waals surface area (Å²) < 4.78 is 32.3. The van der Waals surface area contributed by atoms with Gasteiger partial charge in [0.2, 0.25) is 15.9 Å². The number of hydrogen-bond donors (Lipinski definition) is 1. The highest BCUT2D eigenvalue weighted by Crippen LogP contribution is 2.31. The molecule has 156 valence electrons. The number of nitrogens with one attached hydrogen (secondary N) is 1. The van der Waals surface area contributed by atoms with Crippen molar-refractivity contribution < 1.29 is 17.9 Å². The highest BCUT2D eigenvalue weighted by atomic mass is 35.5. The molecule has 0 aliphatic carbocycles. The minimum atomic E-state index is -3.60. The van der Waals surface area contributed by atoms with Crippen molar-refractivity contribution >= 4 is 44.8 Å². The fourth-order valence-electron chi connectivity index (χ4n) is 3.25. The van der Waals surface area contributed by atoms with E-state index in [-0.39, 0.29) is 17.2 Å². The number of carbonyl (C=O) groups excluding carboxylic acids is 1. The van der Waals surface area contributed by atoms with Gasteiger partial charge in [0.1, 0.15) is 5.75 Å². The molecule has 1 fully saturated rings. The first kappa shape index (κ1) is 21.9. The summed E-state index contributed by atoms with van der Waals surface area (Å²) in [6, 6.07) is 9.65. The number of sulfonamides is 1. The quantitative estimate of drug-likeness (QED) is 0.671.